The van der Waals surface area contributed by atoms with Crippen LogP contribution in [0.3, 0.4) is 0 Å². The highest BCUT2D eigenvalue weighted by atomic mass is 16.3. The molecule has 1 aromatic rings. The molecule has 0 aromatic heterocycles. The minimum absolute atomic E-state index is 0.285. The summed E-state index contributed by atoms with van der Waals surface area (Å²) in [6, 6.07) is 7.16. The molecule has 1 aromatic carbocycles. The number of ketones is 1. The average Bonchev–Trinajstić information content (AvgIpc) is 2.53. The maximum absolute atomic E-state index is 11.0. The number of carbonyl (C=O) groups excluding carboxylic acids is 1. The van der Waals surface area contributed by atoms with Crippen LogP contribution in [0.25, 0.3) is 0 Å². The van der Waals surface area contributed by atoms with Crippen LogP contribution in [0.2, 0.25) is 0 Å². The van der Waals surface area contributed by atoms with Gasteiger partial charge in [-0.15, -0.1) is 0 Å². The lowest BCUT2D eigenvalue weighted by Crippen LogP contribution is -1.93. The molecule has 1 fully saturated rings. The van der Waals surface area contributed by atoms with Crippen LogP contribution in [0, 0.1) is 0 Å². The lowest BCUT2D eigenvalue weighted by Gasteiger charge is -2.07. The molecule has 0 saturated heterocycles. The Bertz CT molecular complexity index is 313. The fraction of sp³-hybridized carbons (Fsp3) is 0.364. The van der Waals surface area contributed by atoms with Crippen molar-refractivity contribution in [3.63, 3.8) is 0 Å². The van der Waals surface area contributed by atoms with Crippen molar-refractivity contribution < 1.29 is 9.90 Å². The van der Waals surface area contributed by atoms with Gasteiger partial charge in [0.1, 0.15) is 11.5 Å². The highest BCUT2D eigenvalue weighted by Crippen LogP contribution is 2.32. The first-order chi connectivity index (χ1) is 6.25. The number of carbonyl (C=O) groups is 1. The van der Waals surface area contributed by atoms with E-state index in [4.69, 9.17) is 5.11 Å². The van der Waals surface area contributed by atoms with Crippen molar-refractivity contribution in [2.75, 3.05) is 0 Å². The molecule has 0 spiro atoms. The van der Waals surface area contributed by atoms with E-state index in [-0.39, 0.29) is 5.75 Å². The fourth-order valence-electron chi connectivity index (χ4n) is 1.85. The third kappa shape index (κ3) is 1.72. The van der Waals surface area contributed by atoms with Crippen LogP contribution in [-0.4, -0.2) is 10.9 Å². The average molecular weight is 176 g/mol. The first-order valence-corrected chi connectivity index (χ1v) is 4.56. The van der Waals surface area contributed by atoms with Crippen molar-refractivity contribution >= 4 is 5.78 Å². The van der Waals surface area contributed by atoms with Crippen molar-refractivity contribution in [2.45, 2.75) is 25.2 Å². The summed E-state index contributed by atoms with van der Waals surface area (Å²) in [4.78, 5) is 11.0. The number of phenols is 1. The second-order valence-electron chi connectivity index (χ2n) is 3.57. The van der Waals surface area contributed by atoms with Crippen LogP contribution < -0.4 is 0 Å². The molecule has 1 aliphatic rings. The van der Waals surface area contributed by atoms with Crippen molar-refractivity contribution in [3.8, 4) is 5.75 Å². The molecule has 1 N–H and O–H groups in total. The molecule has 0 bridgehead atoms. The fourth-order valence-corrected chi connectivity index (χ4v) is 1.85. The van der Waals surface area contributed by atoms with Crippen LogP contribution in [0.1, 0.15) is 30.7 Å². The van der Waals surface area contributed by atoms with Crippen LogP contribution in [0.5, 0.6) is 5.75 Å². The molecule has 2 nitrogen and oxygen atoms in total. The Labute approximate surface area is 77.2 Å². The van der Waals surface area contributed by atoms with Crippen LogP contribution in [0.4, 0.5) is 0 Å². The Morgan fingerprint density at radius 3 is 2.46 bits per heavy atom. The van der Waals surface area contributed by atoms with Gasteiger partial charge in [-0.2, -0.15) is 0 Å². The summed E-state index contributed by atoms with van der Waals surface area (Å²) in [6.45, 7) is 0. The van der Waals surface area contributed by atoms with Gasteiger partial charge in [0.2, 0.25) is 0 Å². The number of phenolic OH excluding ortho intramolecular Hbond substituents is 1. The van der Waals surface area contributed by atoms with E-state index in [1.165, 1.54) is 5.56 Å². The maximum Gasteiger partial charge on any atom is 0.133 e. The molecule has 1 saturated carbocycles. The van der Waals surface area contributed by atoms with Crippen molar-refractivity contribution in [1.29, 1.82) is 0 Å². The number of Topliss-reactive ketones (excluding diaryl/α,β-unsaturated/α-hetero) is 1. The van der Waals surface area contributed by atoms with Crippen molar-refractivity contribution in [1.82, 2.24) is 0 Å². The molecule has 2 rings (SSSR count). The molecule has 0 amide bonds. The number of aromatic hydroxyl groups is 1. The van der Waals surface area contributed by atoms with E-state index in [1.54, 1.807) is 12.1 Å². The predicted molar refractivity (Wildman–Crippen MR) is 49.7 cm³/mol. The molecule has 0 heterocycles. The molecule has 1 aliphatic carbocycles. The van der Waals surface area contributed by atoms with Crippen molar-refractivity contribution in [2.24, 2.45) is 0 Å². The number of benzene rings is 1. The molecule has 2 heteroatoms. The van der Waals surface area contributed by atoms with Gasteiger partial charge in [0.05, 0.1) is 0 Å². The van der Waals surface area contributed by atoms with Gasteiger partial charge >= 0.3 is 0 Å². The van der Waals surface area contributed by atoms with Gasteiger partial charge < -0.3 is 5.11 Å². The molecule has 0 aliphatic heterocycles. The van der Waals surface area contributed by atoms with Crippen LogP contribution in [-0.2, 0) is 4.79 Å². The Kier molecular flexibility index (Phi) is 2.05. The topological polar surface area (TPSA) is 37.3 Å². The second kappa shape index (κ2) is 3.21. The van der Waals surface area contributed by atoms with E-state index in [0.717, 1.165) is 6.42 Å². The Hall–Kier alpha value is -1.31. The molecule has 0 radical (unpaired) electrons. The van der Waals surface area contributed by atoms with E-state index in [0.29, 0.717) is 24.5 Å². The summed E-state index contributed by atoms with van der Waals surface area (Å²) in [6.07, 6.45) is 2.35. The third-order valence-electron chi connectivity index (χ3n) is 2.61. The maximum atomic E-state index is 11.0. The first-order valence-electron chi connectivity index (χ1n) is 4.56. The van der Waals surface area contributed by atoms with E-state index in [2.05, 4.69) is 0 Å². The van der Waals surface area contributed by atoms with Gasteiger partial charge in [0, 0.05) is 12.8 Å². The lowest BCUT2D eigenvalue weighted by molar-refractivity contribution is -0.117. The number of hydrogen-bond donors (Lipinski definition) is 1. The smallest absolute Gasteiger partial charge is 0.133 e. The van der Waals surface area contributed by atoms with Crippen LogP contribution >= 0.6 is 0 Å². The normalized spacial score (nSPS) is 22.2. The van der Waals surface area contributed by atoms with E-state index in [1.807, 2.05) is 12.1 Å². The Morgan fingerprint density at radius 1 is 1.23 bits per heavy atom. The van der Waals surface area contributed by atoms with E-state index < -0.39 is 0 Å². The Morgan fingerprint density at radius 2 is 1.92 bits per heavy atom. The molecule has 68 valence electrons. The minimum Gasteiger partial charge on any atom is -0.508 e. The minimum atomic E-state index is 0.285. The standard InChI is InChI=1S/C11H12O2/c12-10-4-1-8(2-5-10)9-3-6-11(13)7-9/h1-2,4-5,9,12H,3,6-7H2/t9-/m1/s1. The summed E-state index contributed by atoms with van der Waals surface area (Å²) < 4.78 is 0. The van der Waals surface area contributed by atoms with E-state index >= 15 is 0 Å². The quantitative estimate of drug-likeness (QED) is 0.712. The zero-order chi connectivity index (χ0) is 9.26. The van der Waals surface area contributed by atoms with Gasteiger partial charge in [-0.1, -0.05) is 12.1 Å². The number of rotatable bonds is 1. The summed E-state index contributed by atoms with van der Waals surface area (Å²) in [7, 11) is 0. The molecular weight excluding hydrogens is 164 g/mol. The van der Waals surface area contributed by atoms with Gasteiger partial charge in [0.25, 0.3) is 0 Å². The largest absolute Gasteiger partial charge is 0.508 e. The van der Waals surface area contributed by atoms with Gasteiger partial charge in [0.15, 0.2) is 0 Å². The summed E-state index contributed by atoms with van der Waals surface area (Å²) in [5, 5.41) is 9.08. The highest BCUT2D eigenvalue weighted by molar-refractivity contribution is 5.81. The molecule has 13 heavy (non-hydrogen) atoms. The summed E-state index contributed by atoms with van der Waals surface area (Å²) in [5.74, 6) is 1.03. The highest BCUT2D eigenvalue weighted by Gasteiger charge is 2.23. The molecular formula is C11H12O2. The first kappa shape index (κ1) is 8.30. The van der Waals surface area contributed by atoms with E-state index in [9.17, 15) is 4.79 Å². The van der Waals surface area contributed by atoms with Crippen LogP contribution in [0.15, 0.2) is 24.3 Å². The number of hydrogen-bond acceptors (Lipinski definition) is 2. The zero-order valence-corrected chi connectivity index (χ0v) is 7.36. The van der Waals surface area contributed by atoms with Gasteiger partial charge in [-0.3, -0.25) is 4.79 Å². The van der Waals surface area contributed by atoms with Gasteiger partial charge in [-0.25, -0.2) is 0 Å². The summed E-state index contributed by atoms with van der Waals surface area (Å²) in [5.41, 5.74) is 1.17. The summed E-state index contributed by atoms with van der Waals surface area (Å²) >= 11 is 0. The van der Waals surface area contributed by atoms with Gasteiger partial charge in [-0.05, 0) is 30.0 Å². The Balaban J connectivity index is 2.17. The third-order valence-corrected chi connectivity index (χ3v) is 2.61. The van der Waals surface area contributed by atoms with Crippen molar-refractivity contribution in [3.05, 3.63) is 29.8 Å². The second-order valence-corrected chi connectivity index (χ2v) is 3.57. The monoisotopic (exact) mass is 176 g/mol. The zero-order valence-electron chi connectivity index (χ0n) is 7.36. The predicted octanol–water partition coefficient (Wildman–Crippen LogP) is 2.23. The lowest BCUT2D eigenvalue weighted by atomic mass is 9.98. The molecule has 1 atom stereocenters. The SMILES string of the molecule is O=C1CC[C@@H](c2ccc(O)cc2)C1. The molecule has 0 unspecified atom stereocenters.